The van der Waals surface area contributed by atoms with Crippen molar-refractivity contribution in [3.05, 3.63) is 48.2 Å². The predicted molar refractivity (Wildman–Crippen MR) is 123 cm³/mol. The maximum Gasteiger partial charge on any atom is 0.253 e. The lowest BCUT2D eigenvalue weighted by molar-refractivity contribution is -0.122. The molecule has 0 aliphatic heterocycles. The molecule has 7 heteroatoms. The Hall–Kier alpha value is -3.22. The van der Waals surface area contributed by atoms with Crippen molar-refractivity contribution in [2.24, 2.45) is 5.92 Å². The van der Waals surface area contributed by atoms with Crippen LogP contribution in [0.3, 0.4) is 0 Å². The Bertz CT molecular complexity index is 1130. The summed E-state index contributed by atoms with van der Waals surface area (Å²) in [5.41, 5.74) is 3.00. The van der Waals surface area contributed by atoms with E-state index in [1.165, 1.54) is 19.3 Å². The number of rotatable bonds is 5. The molecule has 2 saturated carbocycles. The van der Waals surface area contributed by atoms with Crippen LogP contribution in [0.4, 0.5) is 5.69 Å². The first-order valence-corrected chi connectivity index (χ1v) is 11.6. The minimum atomic E-state index is 0.0653. The highest BCUT2D eigenvalue weighted by molar-refractivity contribution is 5.95. The van der Waals surface area contributed by atoms with Gasteiger partial charge in [-0.3, -0.25) is 14.0 Å². The van der Waals surface area contributed by atoms with E-state index in [-0.39, 0.29) is 17.7 Å². The van der Waals surface area contributed by atoms with Crippen LogP contribution in [0.2, 0.25) is 0 Å². The van der Waals surface area contributed by atoms with E-state index in [4.69, 9.17) is 0 Å². The maximum absolute atomic E-state index is 12.9. The van der Waals surface area contributed by atoms with Gasteiger partial charge in [0.2, 0.25) is 5.91 Å². The summed E-state index contributed by atoms with van der Waals surface area (Å²) >= 11 is 0. The van der Waals surface area contributed by atoms with Crippen LogP contribution in [0, 0.1) is 5.92 Å². The number of benzene rings is 1. The molecule has 2 aliphatic carbocycles. The normalized spacial score (nSPS) is 17.2. The van der Waals surface area contributed by atoms with E-state index >= 15 is 0 Å². The zero-order chi connectivity index (χ0) is 22.1. The van der Waals surface area contributed by atoms with Gasteiger partial charge in [0, 0.05) is 36.3 Å². The molecule has 2 aliphatic rings. The van der Waals surface area contributed by atoms with Gasteiger partial charge in [0.15, 0.2) is 11.5 Å². The summed E-state index contributed by atoms with van der Waals surface area (Å²) in [6.45, 7) is 0. The third-order valence-electron chi connectivity index (χ3n) is 6.98. The van der Waals surface area contributed by atoms with Crippen LogP contribution < -0.4 is 5.32 Å². The smallest absolute Gasteiger partial charge is 0.253 e. The first-order chi connectivity index (χ1) is 15.6. The lowest BCUT2D eigenvalue weighted by Crippen LogP contribution is -2.38. The van der Waals surface area contributed by atoms with Gasteiger partial charge in [-0.1, -0.05) is 37.8 Å². The maximum atomic E-state index is 12.9. The molecule has 2 fully saturated rings. The van der Waals surface area contributed by atoms with Crippen LogP contribution in [-0.2, 0) is 4.79 Å². The molecule has 0 bridgehead atoms. The molecule has 5 rings (SSSR count). The summed E-state index contributed by atoms with van der Waals surface area (Å²) in [5.74, 6) is 0.952. The second-order valence-corrected chi connectivity index (χ2v) is 9.07. The lowest BCUT2D eigenvalue weighted by Gasteiger charge is -2.31. The molecule has 32 heavy (non-hydrogen) atoms. The van der Waals surface area contributed by atoms with Crippen molar-refractivity contribution < 1.29 is 9.59 Å². The van der Waals surface area contributed by atoms with Gasteiger partial charge in [0.25, 0.3) is 5.91 Å². The summed E-state index contributed by atoms with van der Waals surface area (Å²) in [5, 5.41) is 11.6. The number of carbonyl (C=O) groups excluding carboxylic acids is 2. The Kier molecular flexibility index (Phi) is 5.64. The molecular formula is C25H29N5O2. The van der Waals surface area contributed by atoms with Gasteiger partial charge >= 0.3 is 0 Å². The quantitative estimate of drug-likeness (QED) is 0.643. The standard InChI is InChI=1S/C25H29N5O2/c1-29(21-8-3-2-4-9-21)25(32)19-12-10-17(11-13-19)23-28-27-22-15-14-20(16-30(22)23)26-24(31)18-6-5-7-18/h10-16,18,21H,2-9H2,1H3,(H,26,31). The summed E-state index contributed by atoms with van der Waals surface area (Å²) < 4.78 is 1.88. The number of hydrogen-bond donors (Lipinski definition) is 1. The fourth-order valence-electron chi connectivity index (χ4n) is 4.68. The summed E-state index contributed by atoms with van der Waals surface area (Å²) in [6.07, 6.45) is 10.8. The Labute approximate surface area is 187 Å². The van der Waals surface area contributed by atoms with Crippen LogP contribution in [0.15, 0.2) is 42.6 Å². The van der Waals surface area contributed by atoms with Crippen molar-refractivity contribution >= 4 is 23.1 Å². The molecule has 1 aromatic carbocycles. The van der Waals surface area contributed by atoms with Gasteiger partial charge in [-0.15, -0.1) is 10.2 Å². The van der Waals surface area contributed by atoms with Gasteiger partial charge in [0.1, 0.15) is 0 Å². The highest BCUT2D eigenvalue weighted by Crippen LogP contribution is 2.28. The largest absolute Gasteiger partial charge is 0.339 e. The van der Waals surface area contributed by atoms with Crippen LogP contribution in [0.5, 0.6) is 0 Å². The fourth-order valence-corrected chi connectivity index (χ4v) is 4.68. The zero-order valence-electron chi connectivity index (χ0n) is 18.5. The molecule has 2 heterocycles. The van der Waals surface area contributed by atoms with E-state index in [1.54, 1.807) is 0 Å². The Balaban J connectivity index is 1.35. The minimum absolute atomic E-state index is 0.0653. The monoisotopic (exact) mass is 431 g/mol. The second-order valence-electron chi connectivity index (χ2n) is 9.07. The lowest BCUT2D eigenvalue weighted by atomic mass is 9.85. The number of nitrogens with zero attached hydrogens (tertiary/aromatic N) is 4. The average molecular weight is 432 g/mol. The average Bonchev–Trinajstić information content (AvgIpc) is 3.21. The van der Waals surface area contributed by atoms with Crippen LogP contribution in [-0.4, -0.2) is 44.4 Å². The molecule has 3 aromatic rings. The van der Waals surface area contributed by atoms with Crippen molar-refractivity contribution in [3.63, 3.8) is 0 Å². The number of hydrogen-bond acceptors (Lipinski definition) is 4. The molecule has 0 atom stereocenters. The second kappa shape index (κ2) is 8.73. The van der Waals surface area contributed by atoms with E-state index < -0.39 is 0 Å². The minimum Gasteiger partial charge on any atom is -0.339 e. The fraction of sp³-hybridized carbons (Fsp3) is 0.440. The first kappa shape index (κ1) is 20.7. The van der Waals surface area contributed by atoms with E-state index in [2.05, 4.69) is 15.5 Å². The van der Waals surface area contributed by atoms with Crippen molar-refractivity contribution in [2.45, 2.75) is 57.4 Å². The van der Waals surface area contributed by atoms with E-state index in [1.807, 2.05) is 58.9 Å². The molecule has 0 unspecified atom stereocenters. The van der Waals surface area contributed by atoms with Crippen LogP contribution in [0.1, 0.15) is 61.7 Å². The topological polar surface area (TPSA) is 79.6 Å². The van der Waals surface area contributed by atoms with E-state index in [9.17, 15) is 9.59 Å². The summed E-state index contributed by atoms with van der Waals surface area (Å²) in [7, 11) is 1.91. The number of anilines is 1. The SMILES string of the molecule is CN(C(=O)c1ccc(-c2nnc3ccc(NC(=O)C4CCC4)cn23)cc1)C1CCCCC1. The number of fused-ring (bicyclic) bond motifs is 1. The molecular weight excluding hydrogens is 402 g/mol. The van der Waals surface area contributed by atoms with Gasteiger partial charge in [-0.25, -0.2) is 0 Å². The molecule has 2 amide bonds. The van der Waals surface area contributed by atoms with Crippen molar-refractivity contribution in [3.8, 4) is 11.4 Å². The number of nitrogens with one attached hydrogen (secondary N) is 1. The van der Waals surface area contributed by atoms with Crippen LogP contribution >= 0.6 is 0 Å². The Morgan fingerprint density at radius 1 is 0.938 bits per heavy atom. The Morgan fingerprint density at radius 2 is 1.69 bits per heavy atom. The van der Waals surface area contributed by atoms with Gasteiger partial charge in [-0.2, -0.15) is 0 Å². The van der Waals surface area contributed by atoms with Crippen LogP contribution in [0.25, 0.3) is 17.0 Å². The van der Waals surface area contributed by atoms with E-state index in [0.717, 1.165) is 43.4 Å². The van der Waals surface area contributed by atoms with E-state index in [0.29, 0.717) is 23.1 Å². The summed E-state index contributed by atoms with van der Waals surface area (Å²) in [6, 6.07) is 11.6. The third-order valence-corrected chi connectivity index (χ3v) is 6.98. The summed E-state index contributed by atoms with van der Waals surface area (Å²) in [4.78, 5) is 27.1. The molecule has 1 N–H and O–H groups in total. The number of aromatic nitrogens is 3. The van der Waals surface area contributed by atoms with Gasteiger partial charge in [-0.05, 0) is 49.9 Å². The Morgan fingerprint density at radius 3 is 2.38 bits per heavy atom. The van der Waals surface area contributed by atoms with Gasteiger partial charge < -0.3 is 10.2 Å². The zero-order valence-corrected chi connectivity index (χ0v) is 18.5. The molecule has 2 aromatic heterocycles. The highest BCUT2D eigenvalue weighted by Gasteiger charge is 2.25. The highest BCUT2D eigenvalue weighted by atomic mass is 16.2. The van der Waals surface area contributed by atoms with Crippen molar-refractivity contribution in [1.82, 2.24) is 19.5 Å². The molecule has 0 radical (unpaired) electrons. The molecule has 0 saturated heterocycles. The van der Waals surface area contributed by atoms with Crippen molar-refractivity contribution in [2.75, 3.05) is 12.4 Å². The molecule has 7 nitrogen and oxygen atoms in total. The van der Waals surface area contributed by atoms with Gasteiger partial charge in [0.05, 0.1) is 5.69 Å². The molecule has 0 spiro atoms. The molecule has 166 valence electrons. The predicted octanol–water partition coefficient (Wildman–Crippen LogP) is 4.54. The third kappa shape index (κ3) is 3.99. The number of pyridine rings is 1. The number of carbonyl (C=O) groups is 2. The number of amides is 2. The van der Waals surface area contributed by atoms with Crippen molar-refractivity contribution in [1.29, 1.82) is 0 Å². The first-order valence-electron chi connectivity index (χ1n) is 11.6.